The van der Waals surface area contributed by atoms with Crippen LogP contribution in [0.25, 0.3) is 0 Å². The summed E-state index contributed by atoms with van der Waals surface area (Å²) in [4.78, 5) is 38.5. The van der Waals surface area contributed by atoms with Crippen LogP contribution in [0.1, 0.15) is 80.0 Å². The largest absolute Gasteiger partial charge is 0.496 e. The molecule has 6 rings (SSSR count). The van der Waals surface area contributed by atoms with Gasteiger partial charge in [0.05, 0.1) is 24.1 Å². The molecule has 0 unspecified atom stereocenters. The number of carbonyl (C=O) groups excluding carboxylic acids is 2. The van der Waals surface area contributed by atoms with E-state index in [4.69, 9.17) is 15.2 Å². The Balaban J connectivity index is 1.64. The zero-order valence-corrected chi connectivity index (χ0v) is 23.0. The molecule has 3 N–H and O–H groups in total. The molecule has 206 valence electrons. The van der Waals surface area contributed by atoms with Crippen molar-refractivity contribution < 1.29 is 24.0 Å². The predicted molar refractivity (Wildman–Crippen MR) is 144 cm³/mol. The molecule has 1 spiro atoms. The minimum absolute atomic E-state index is 0.0190. The number of nitro benzene ring substituents is 1. The first-order chi connectivity index (χ1) is 18.4. The third kappa shape index (κ3) is 3.22. The normalized spacial score (nSPS) is 34.1. The van der Waals surface area contributed by atoms with Crippen LogP contribution >= 0.6 is 0 Å². The van der Waals surface area contributed by atoms with Gasteiger partial charge in [-0.3, -0.25) is 19.7 Å². The number of hydrogen-bond acceptors (Lipinski definition) is 7. The number of benzene rings is 2. The Morgan fingerprint density at radius 1 is 1.18 bits per heavy atom. The number of ketones is 1. The van der Waals surface area contributed by atoms with Crippen molar-refractivity contribution in [2.45, 2.75) is 71.1 Å². The number of methoxy groups -OCH3 is 1. The van der Waals surface area contributed by atoms with Crippen LogP contribution < -0.4 is 20.5 Å². The Hall–Kier alpha value is -3.46. The van der Waals surface area contributed by atoms with Crippen molar-refractivity contribution in [2.75, 3.05) is 7.11 Å². The molecule has 0 aromatic heterocycles. The Morgan fingerprint density at radius 3 is 2.59 bits per heavy atom. The standard InChI is InChI=1S/C30H35N3O6/c1-15-10-11-21-28(2,3)26(34)18(31)14-30(21)29(15,4)13-16-12-19(33(36)37)22-23(25(16)39-30)24(32-27(22)35)17-8-6-7-9-20(17)38-5/h6-9,12,15,18,21,24H,10-11,13-14,31H2,1-5H3,(H,32,35)/t15-,18+,21-,24+,29+,30-/m0/s1. The molecule has 0 bridgehead atoms. The van der Waals surface area contributed by atoms with E-state index in [2.05, 4.69) is 19.2 Å². The fourth-order valence-electron chi connectivity index (χ4n) is 8.35. The van der Waals surface area contributed by atoms with Crippen LogP contribution in [0.3, 0.4) is 0 Å². The number of Topliss-reactive ketones (excluding diaryl/α,β-unsaturated/α-hetero) is 1. The van der Waals surface area contributed by atoms with Crippen molar-refractivity contribution in [2.24, 2.45) is 28.4 Å². The molecular weight excluding hydrogens is 498 g/mol. The molecule has 2 saturated carbocycles. The minimum atomic E-state index is -0.768. The summed E-state index contributed by atoms with van der Waals surface area (Å²) in [5.74, 6) is 0.725. The summed E-state index contributed by atoms with van der Waals surface area (Å²) in [6.07, 6.45) is 2.63. The van der Waals surface area contributed by atoms with E-state index in [9.17, 15) is 19.7 Å². The molecule has 0 radical (unpaired) electrons. The number of ether oxygens (including phenoxy) is 2. The Labute approximate surface area is 227 Å². The summed E-state index contributed by atoms with van der Waals surface area (Å²) in [7, 11) is 1.55. The van der Waals surface area contributed by atoms with Gasteiger partial charge in [-0.05, 0) is 31.2 Å². The first-order valence-electron chi connectivity index (χ1n) is 13.6. The van der Waals surface area contributed by atoms with Crippen molar-refractivity contribution in [1.29, 1.82) is 0 Å². The molecule has 2 aromatic carbocycles. The number of hydrogen-bond donors (Lipinski definition) is 2. The molecule has 39 heavy (non-hydrogen) atoms. The topological polar surface area (TPSA) is 134 Å². The number of nitrogens with zero attached hydrogens (tertiary/aromatic N) is 1. The number of para-hydroxylation sites is 1. The molecular formula is C30H35N3O6. The smallest absolute Gasteiger partial charge is 0.283 e. The fraction of sp³-hybridized carbons (Fsp3) is 0.533. The highest BCUT2D eigenvalue weighted by Gasteiger charge is 2.69. The van der Waals surface area contributed by atoms with E-state index in [0.717, 1.165) is 12.8 Å². The summed E-state index contributed by atoms with van der Waals surface area (Å²) in [6.45, 7) is 8.33. The van der Waals surface area contributed by atoms with Crippen LogP contribution in [-0.4, -0.2) is 35.4 Å². The summed E-state index contributed by atoms with van der Waals surface area (Å²) >= 11 is 0. The lowest BCUT2D eigenvalue weighted by molar-refractivity contribution is -0.385. The minimum Gasteiger partial charge on any atom is -0.496 e. The van der Waals surface area contributed by atoms with Gasteiger partial charge in [-0.1, -0.05) is 45.9 Å². The van der Waals surface area contributed by atoms with Crippen LogP contribution in [0, 0.1) is 32.8 Å². The quantitative estimate of drug-likeness (QED) is 0.439. The van der Waals surface area contributed by atoms with Gasteiger partial charge in [0, 0.05) is 45.9 Å². The van der Waals surface area contributed by atoms with Crippen LogP contribution in [-0.2, 0) is 11.2 Å². The zero-order valence-electron chi connectivity index (χ0n) is 23.0. The Bertz CT molecular complexity index is 1440. The van der Waals surface area contributed by atoms with Crippen LogP contribution in [0.5, 0.6) is 11.5 Å². The first kappa shape index (κ1) is 25.8. The van der Waals surface area contributed by atoms with Gasteiger partial charge in [-0.25, -0.2) is 0 Å². The highest BCUT2D eigenvalue weighted by molar-refractivity contribution is 6.05. The van der Waals surface area contributed by atoms with Gasteiger partial charge in [0.2, 0.25) is 0 Å². The summed E-state index contributed by atoms with van der Waals surface area (Å²) < 4.78 is 12.8. The Morgan fingerprint density at radius 2 is 1.90 bits per heavy atom. The van der Waals surface area contributed by atoms with Crippen LogP contribution in [0.4, 0.5) is 5.69 Å². The van der Waals surface area contributed by atoms with E-state index in [1.165, 1.54) is 6.07 Å². The number of amides is 1. The number of rotatable bonds is 3. The van der Waals surface area contributed by atoms with E-state index in [1.807, 2.05) is 32.0 Å². The maximum atomic E-state index is 13.4. The summed E-state index contributed by atoms with van der Waals surface area (Å²) in [6, 6.07) is 7.47. The molecule has 6 atom stereocenters. The molecule has 2 aliphatic carbocycles. The van der Waals surface area contributed by atoms with Gasteiger partial charge in [0.1, 0.15) is 22.7 Å². The van der Waals surface area contributed by atoms with Gasteiger partial charge in [0.15, 0.2) is 5.78 Å². The number of nitrogens with two attached hydrogens (primary N) is 1. The highest BCUT2D eigenvalue weighted by atomic mass is 16.6. The average molecular weight is 534 g/mol. The van der Waals surface area contributed by atoms with Crippen molar-refractivity contribution in [1.82, 2.24) is 5.32 Å². The number of fused-ring (bicyclic) bond motifs is 3. The zero-order chi connectivity index (χ0) is 28.1. The van der Waals surface area contributed by atoms with Gasteiger partial charge >= 0.3 is 0 Å². The van der Waals surface area contributed by atoms with Crippen molar-refractivity contribution in [3.8, 4) is 11.5 Å². The highest BCUT2D eigenvalue weighted by Crippen LogP contribution is 2.66. The second-order valence-electron chi connectivity index (χ2n) is 12.6. The molecule has 0 saturated heterocycles. The number of nitrogens with one attached hydrogen (secondary N) is 1. The second kappa shape index (κ2) is 8.27. The third-order valence-electron chi connectivity index (χ3n) is 10.5. The molecule has 2 fully saturated rings. The lowest BCUT2D eigenvalue weighted by Crippen LogP contribution is -2.73. The van der Waals surface area contributed by atoms with Crippen LogP contribution in [0.15, 0.2) is 30.3 Å². The van der Waals surface area contributed by atoms with E-state index < -0.39 is 39.3 Å². The lowest BCUT2D eigenvalue weighted by Gasteiger charge is -2.66. The molecule has 4 aliphatic rings. The third-order valence-corrected chi connectivity index (χ3v) is 10.5. The van der Waals surface area contributed by atoms with E-state index in [1.54, 1.807) is 13.2 Å². The van der Waals surface area contributed by atoms with Crippen molar-refractivity contribution >= 4 is 17.4 Å². The van der Waals surface area contributed by atoms with Crippen LogP contribution in [0.2, 0.25) is 0 Å². The Kier molecular flexibility index (Phi) is 5.47. The first-order valence-corrected chi connectivity index (χ1v) is 13.6. The summed E-state index contributed by atoms with van der Waals surface area (Å²) in [5.41, 5.74) is 6.31. The number of carbonyl (C=O) groups is 2. The van der Waals surface area contributed by atoms with E-state index in [0.29, 0.717) is 41.0 Å². The van der Waals surface area contributed by atoms with Crippen molar-refractivity contribution in [3.05, 3.63) is 62.7 Å². The lowest BCUT2D eigenvalue weighted by atomic mass is 9.43. The molecule has 1 amide bonds. The SMILES string of the molecule is COc1ccccc1[C@H]1NC(=O)c2c([N+](=O)[O-])cc3c(c21)O[C@@]12C[C@@H](N)C(=O)C(C)(C)[C@@H]1CC[C@H](C)[C@@]2(C)C3. The predicted octanol–water partition coefficient (Wildman–Crippen LogP) is 4.49. The maximum Gasteiger partial charge on any atom is 0.283 e. The molecule has 2 heterocycles. The van der Waals surface area contributed by atoms with Gasteiger partial charge in [0.25, 0.3) is 11.6 Å². The second-order valence-corrected chi connectivity index (χ2v) is 12.6. The van der Waals surface area contributed by atoms with E-state index in [-0.39, 0.29) is 28.9 Å². The maximum absolute atomic E-state index is 13.4. The van der Waals surface area contributed by atoms with Gasteiger partial charge in [-0.15, -0.1) is 0 Å². The monoisotopic (exact) mass is 533 g/mol. The average Bonchev–Trinajstić information content (AvgIpc) is 3.23. The van der Waals surface area contributed by atoms with Gasteiger partial charge < -0.3 is 20.5 Å². The molecule has 2 aromatic rings. The molecule has 9 heteroatoms. The van der Waals surface area contributed by atoms with Crippen molar-refractivity contribution in [3.63, 3.8) is 0 Å². The fourth-order valence-corrected chi connectivity index (χ4v) is 8.35. The summed E-state index contributed by atoms with van der Waals surface area (Å²) in [5, 5.41) is 15.2. The van der Waals surface area contributed by atoms with Gasteiger partial charge in [-0.2, -0.15) is 0 Å². The molecule has 2 aliphatic heterocycles. The number of nitro groups is 1. The van der Waals surface area contributed by atoms with E-state index >= 15 is 0 Å². The molecule has 9 nitrogen and oxygen atoms in total.